The fourth-order valence-corrected chi connectivity index (χ4v) is 2.24. The molecule has 0 saturated carbocycles. The van der Waals surface area contributed by atoms with E-state index in [0.717, 1.165) is 6.07 Å². The van der Waals surface area contributed by atoms with Gasteiger partial charge in [0.25, 0.3) is 5.91 Å². The maximum atomic E-state index is 13.6. The summed E-state index contributed by atoms with van der Waals surface area (Å²) in [4.78, 5) is 24.0. The second-order valence-electron chi connectivity index (χ2n) is 5.99. The van der Waals surface area contributed by atoms with Crippen LogP contribution >= 0.6 is 0 Å². The maximum Gasteiger partial charge on any atom is 0.251 e. The number of methoxy groups -OCH3 is 1. The molecule has 0 unspecified atom stereocenters. The molecule has 2 rings (SSSR count). The van der Waals surface area contributed by atoms with Crippen molar-refractivity contribution in [3.8, 4) is 11.5 Å². The van der Waals surface area contributed by atoms with Crippen LogP contribution < -0.4 is 20.1 Å². The van der Waals surface area contributed by atoms with Gasteiger partial charge < -0.3 is 20.1 Å². The molecule has 9 heteroatoms. The number of halogens is 3. The summed E-state index contributed by atoms with van der Waals surface area (Å²) in [7, 11) is 1.42. The van der Waals surface area contributed by atoms with Crippen LogP contribution in [0.1, 0.15) is 24.2 Å². The van der Waals surface area contributed by atoms with Gasteiger partial charge in [0.2, 0.25) is 5.91 Å². The highest BCUT2D eigenvalue weighted by Crippen LogP contribution is 2.29. The standard InChI is InChI=1S/C19H19F3N2O4/c1-10(2)28-14-7-4-11(8-15(14)27-3)19(26)23-9-16(25)24-13-6-5-12(20)17(21)18(13)22/h4-8,10H,9H2,1-3H3,(H,23,26)(H,24,25). The fourth-order valence-electron chi connectivity index (χ4n) is 2.24. The number of amides is 2. The molecule has 2 aromatic rings. The largest absolute Gasteiger partial charge is 0.493 e. The Kier molecular flexibility index (Phi) is 6.86. The zero-order valence-electron chi connectivity index (χ0n) is 15.4. The average molecular weight is 396 g/mol. The molecule has 0 saturated heterocycles. The number of nitrogens with one attached hydrogen (secondary N) is 2. The van der Waals surface area contributed by atoms with Crippen molar-refractivity contribution in [1.29, 1.82) is 0 Å². The number of hydrogen-bond donors (Lipinski definition) is 2. The first kappa shape index (κ1) is 21.1. The molecule has 0 bridgehead atoms. The van der Waals surface area contributed by atoms with Gasteiger partial charge in [-0.3, -0.25) is 9.59 Å². The number of hydrogen-bond acceptors (Lipinski definition) is 4. The Morgan fingerprint density at radius 2 is 1.75 bits per heavy atom. The minimum absolute atomic E-state index is 0.0889. The average Bonchev–Trinajstić information content (AvgIpc) is 2.66. The first-order valence-corrected chi connectivity index (χ1v) is 8.29. The van der Waals surface area contributed by atoms with Crippen molar-refractivity contribution in [3.63, 3.8) is 0 Å². The van der Waals surface area contributed by atoms with Crippen LogP contribution in [-0.4, -0.2) is 31.6 Å². The van der Waals surface area contributed by atoms with Gasteiger partial charge in [-0.15, -0.1) is 0 Å². The van der Waals surface area contributed by atoms with Crippen molar-refractivity contribution < 1.29 is 32.2 Å². The Bertz CT molecular complexity index is 888. The lowest BCUT2D eigenvalue weighted by Crippen LogP contribution is -2.33. The van der Waals surface area contributed by atoms with Gasteiger partial charge >= 0.3 is 0 Å². The molecule has 0 fully saturated rings. The SMILES string of the molecule is COc1cc(C(=O)NCC(=O)Nc2ccc(F)c(F)c2F)ccc1OC(C)C. The normalized spacial score (nSPS) is 10.5. The smallest absolute Gasteiger partial charge is 0.251 e. The molecule has 2 aromatic carbocycles. The van der Waals surface area contributed by atoms with Crippen LogP contribution in [0.5, 0.6) is 11.5 Å². The molecule has 0 heterocycles. The molecular formula is C19H19F3N2O4. The summed E-state index contributed by atoms with van der Waals surface area (Å²) in [5.41, 5.74) is -0.324. The van der Waals surface area contributed by atoms with E-state index in [1.807, 2.05) is 13.8 Å². The van der Waals surface area contributed by atoms with Crippen LogP contribution in [0.4, 0.5) is 18.9 Å². The Morgan fingerprint density at radius 1 is 1.04 bits per heavy atom. The van der Waals surface area contributed by atoms with Crippen molar-refractivity contribution >= 4 is 17.5 Å². The van der Waals surface area contributed by atoms with Crippen molar-refractivity contribution in [1.82, 2.24) is 5.32 Å². The highest BCUT2D eigenvalue weighted by molar-refractivity contribution is 5.99. The number of ether oxygens (including phenoxy) is 2. The summed E-state index contributed by atoms with van der Waals surface area (Å²) in [6, 6.07) is 6.05. The summed E-state index contributed by atoms with van der Waals surface area (Å²) in [6.07, 6.45) is -0.0889. The van der Waals surface area contributed by atoms with Crippen molar-refractivity contribution in [2.75, 3.05) is 19.0 Å². The second-order valence-corrected chi connectivity index (χ2v) is 5.99. The Labute approximate surface area is 159 Å². The van der Waals surface area contributed by atoms with E-state index in [-0.39, 0.29) is 11.7 Å². The maximum absolute atomic E-state index is 13.6. The first-order valence-electron chi connectivity index (χ1n) is 8.29. The van der Waals surface area contributed by atoms with E-state index in [1.54, 1.807) is 6.07 Å². The van der Waals surface area contributed by atoms with Gasteiger partial charge in [0.1, 0.15) is 0 Å². The van der Waals surface area contributed by atoms with Gasteiger partial charge in [-0.25, -0.2) is 13.2 Å². The van der Waals surface area contributed by atoms with E-state index in [9.17, 15) is 22.8 Å². The van der Waals surface area contributed by atoms with Gasteiger partial charge in [0, 0.05) is 5.56 Å². The number of carbonyl (C=O) groups is 2. The zero-order valence-corrected chi connectivity index (χ0v) is 15.4. The van der Waals surface area contributed by atoms with E-state index in [4.69, 9.17) is 9.47 Å². The summed E-state index contributed by atoms with van der Waals surface area (Å²) < 4.78 is 50.4. The van der Waals surface area contributed by atoms with E-state index < -0.39 is 41.5 Å². The van der Waals surface area contributed by atoms with Crippen molar-refractivity contribution in [2.24, 2.45) is 0 Å². The van der Waals surface area contributed by atoms with Crippen LogP contribution in [0, 0.1) is 17.5 Å². The zero-order chi connectivity index (χ0) is 20.8. The molecule has 0 aliphatic heterocycles. The molecule has 28 heavy (non-hydrogen) atoms. The lowest BCUT2D eigenvalue weighted by atomic mass is 10.2. The quantitative estimate of drug-likeness (QED) is 0.705. The summed E-state index contributed by atoms with van der Waals surface area (Å²) >= 11 is 0. The topological polar surface area (TPSA) is 76.7 Å². The Morgan fingerprint density at radius 3 is 2.39 bits per heavy atom. The van der Waals surface area contributed by atoms with E-state index in [0.29, 0.717) is 17.6 Å². The van der Waals surface area contributed by atoms with Crippen LogP contribution in [0.3, 0.4) is 0 Å². The molecule has 0 radical (unpaired) electrons. The third kappa shape index (κ3) is 5.15. The third-order valence-corrected chi connectivity index (χ3v) is 3.51. The third-order valence-electron chi connectivity index (χ3n) is 3.51. The predicted molar refractivity (Wildman–Crippen MR) is 96.0 cm³/mol. The number of rotatable bonds is 7. The molecular weight excluding hydrogens is 377 g/mol. The first-order chi connectivity index (χ1) is 13.2. The van der Waals surface area contributed by atoms with Gasteiger partial charge in [0.05, 0.1) is 25.4 Å². The summed E-state index contributed by atoms with van der Waals surface area (Å²) in [5, 5.41) is 4.40. The van der Waals surface area contributed by atoms with Gasteiger partial charge in [0.15, 0.2) is 29.0 Å². The number of anilines is 1. The van der Waals surface area contributed by atoms with Gasteiger partial charge in [-0.1, -0.05) is 0 Å². The van der Waals surface area contributed by atoms with Gasteiger partial charge in [-0.05, 0) is 44.2 Å². The van der Waals surface area contributed by atoms with Gasteiger partial charge in [-0.2, -0.15) is 0 Å². The molecule has 0 aliphatic rings. The molecule has 2 amide bonds. The molecule has 150 valence electrons. The highest BCUT2D eigenvalue weighted by atomic mass is 19.2. The minimum atomic E-state index is -1.70. The van der Waals surface area contributed by atoms with E-state index in [2.05, 4.69) is 10.6 Å². The summed E-state index contributed by atoms with van der Waals surface area (Å²) in [6.45, 7) is 3.17. The molecule has 0 spiro atoms. The second kappa shape index (κ2) is 9.12. The monoisotopic (exact) mass is 396 g/mol. The molecule has 0 aromatic heterocycles. The minimum Gasteiger partial charge on any atom is -0.493 e. The number of benzene rings is 2. The van der Waals surface area contributed by atoms with Crippen molar-refractivity contribution in [3.05, 3.63) is 53.3 Å². The van der Waals surface area contributed by atoms with Crippen LogP contribution in [0.2, 0.25) is 0 Å². The molecule has 0 atom stereocenters. The van der Waals surface area contributed by atoms with E-state index >= 15 is 0 Å². The number of carbonyl (C=O) groups excluding carboxylic acids is 2. The van der Waals surface area contributed by atoms with Crippen molar-refractivity contribution in [2.45, 2.75) is 20.0 Å². The fraction of sp³-hybridized carbons (Fsp3) is 0.263. The molecule has 6 nitrogen and oxygen atoms in total. The lowest BCUT2D eigenvalue weighted by Gasteiger charge is -2.14. The van der Waals surface area contributed by atoms with Crippen LogP contribution in [0.25, 0.3) is 0 Å². The summed E-state index contributed by atoms with van der Waals surface area (Å²) in [5.74, 6) is -5.19. The van der Waals surface area contributed by atoms with Crippen LogP contribution in [0.15, 0.2) is 30.3 Å². The van der Waals surface area contributed by atoms with E-state index in [1.165, 1.54) is 19.2 Å². The highest BCUT2D eigenvalue weighted by Gasteiger charge is 2.16. The molecule has 2 N–H and O–H groups in total. The Balaban J connectivity index is 2.00. The van der Waals surface area contributed by atoms with Crippen LogP contribution in [-0.2, 0) is 4.79 Å². The molecule has 0 aliphatic carbocycles. The Hall–Kier alpha value is -3.23. The lowest BCUT2D eigenvalue weighted by molar-refractivity contribution is -0.115. The predicted octanol–water partition coefficient (Wildman–Crippen LogP) is 3.27.